The summed E-state index contributed by atoms with van der Waals surface area (Å²) in [5.41, 5.74) is 6.98. The van der Waals surface area contributed by atoms with Crippen LogP contribution >= 0.6 is 0 Å². The van der Waals surface area contributed by atoms with Gasteiger partial charge in [0.2, 0.25) is 5.95 Å². The maximum Gasteiger partial charge on any atom is 0.226 e. The van der Waals surface area contributed by atoms with E-state index < -0.39 is 0 Å². The van der Waals surface area contributed by atoms with Gasteiger partial charge in [-0.25, -0.2) is 4.98 Å². The van der Waals surface area contributed by atoms with Crippen LogP contribution in [0.1, 0.15) is 11.6 Å². The standard InChI is InChI=1S/C14H19N5/c1-19(2)14-16-9-8-13(18-14)17-12(10-15)11-6-4-3-5-7-11/h3-9,12H,10,15H2,1-2H3,(H,16,17,18). The van der Waals surface area contributed by atoms with Crippen molar-refractivity contribution in [2.75, 3.05) is 30.9 Å². The lowest BCUT2D eigenvalue weighted by atomic mass is 10.1. The molecular weight excluding hydrogens is 238 g/mol. The normalized spacial score (nSPS) is 11.9. The van der Waals surface area contributed by atoms with Crippen LogP contribution in [0.2, 0.25) is 0 Å². The van der Waals surface area contributed by atoms with Crippen molar-refractivity contribution in [3.05, 3.63) is 48.2 Å². The molecular formula is C14H19N5. The topological polar surface area (TPSA) is 67.1 Å². The second-order valence-corrected chi connectivity index (χ2v) is 4.48. The Labute approximate surface area is 113 Å². The van der Waals surface area contributed by atoms with Gasteiger partial charge >= 0.3 is 0 Å². The van der Waals surface area contributed by atoms with E-state index >= 15 is 0 Å². The number of aromatic nitrogens is 2. The van der Waals surface area contributed by atoms with Crippen LogP contribution in [0.15, 0.2) is 42.6 Å². The van der Waals surface area contributed by atoms with Crippen LogP contribution < -0.4 is 16.0 Å². The molecule has 5 nitrogen and oxygen atoms in total. The predicted molar refractivity (Wildman–Crippen MR) is 78.2 cm³/mol. The first-order chi connectivity index (χ1) is 9.20. The molecule has 0 aliphatic heterocycles. The Morgan fingerprint density at radius 2 is 1.95 bits per heavy atom. The van der Waals surface area contributed by atoms with Gasteiger partial charge in [0.25, 0.3) is 0 Å². The van der Waals surface area contributed by atoms with Crippen molar-refractivity contribution in [2.45, 2.75) is 6.04 Å². The van der Waals surface area contributed by atoms with Crippen molar-refractivity contribution in [1.82, 2.24) is 9.97 Å². The maximum absolute atomic E-state index is 5.83. The minimum atomic E-state index is 0.0473. The maximum atomic E-state index is 5.83. The molecule has 1 aromatic heterocycles. The van der Waals surface area contributed by atoms with Gasteiger partial charge in [0.05, 0.1) is 6.04 Å². The smallest absolute Gasteiger partial charge is 0.226 e. The number of hydrogen-bond acceptors (Lipinski definition) is 5. The summed E-state index contributed by atoms with van der Waals surface area (Å²) in [5, 5.41) is 3.34. The van der Waals surface area contributed by atoms with Crippen LogP contribution in [0.4, 0.5) is 11.8 Å². The fraction of sp³-hybridized carbons (Fsp3) is 0.286. The molecule has 2 rings (SSSR count). The second kappa shape index (κ2) is 6.15. The molecule has 3 N–H and O–H groups in total. The number of hydrogen-bond donors (Lipinski definition) is 2. The first-order valence-corrected chi connectivity index (χ1v) is 6.22. The summed E-state index contributed by atoms with van der Waals surface area (Å²) < 4.78 is 0. The molecule has 0 spiro atoms. The van der Waals surface area contributed by atoms with Crippen molar-refractivity contribution in [2.24, 2.45) is 5.73 Å². The van der Waals surface area contributed by atoms with E-state index in [2.05, 4.69) is 27.4 Å². The zero-order valence-electron chi connectivity index (χ0n) is 11.2. The van der Waals surface area contributed by atoms with E-state index in [4.69, 9.17) is 5.73 Å². The fourth-order valence-corrected chi connectivity index (χ4v) is 1.79. The molecule has 1 atom stereocenters. The summed E-state index contributed by atoms with van der Waals surface area (Å²) in [4.78, 5) is 10.5. The summed E-state index contributed by atoms with van der Waals surface area (Å²) in [6, 6.07) is 12.0. The Morgan fingerprint density at radius 1 is 1.21 bits per heavy atom. The number of anilines is 2. The summed E-state index contributed by atoms with van der Waals surface area (Å²) in [7, 11) is 3.83. The molecule has 1 heterocycles. The first kappa shape index (κ1) is 13.3. The van der Waals surface area contributed by atoms with Crippen LogP contribution in [0.25, 0.3) is 0 Å². The monoisotopic (exact) mass is 257 g/mol. The number of benzene rings is 1. The van der Waals surface area contributed by atoms with Crippen molar-refractivity contribution in [3.63, 3.8) is 0 Å². The van der Waals surface area contributed by atoms with Crippen molar-refractivity contribution < 1.29 is 0 Å². The molecule has 1 unspecified atom stereocenters. The largest absolute Gasteiger partial charge is 0.362 e. The van der Waals surface area contributed by atoms with Crippen LogP contribution in [0, 0.1) is 0 Å². The van der Waals surface area contributed by atoms with Gasteiger partial charge in [-0.2, -0.15) is 4.98 Å². The Kier molecular flexibility index (Phi) is 4.30. The highest BCUT2D eigenvalue weighted by Crippen LogP contribution is 2.17. The predicted octanol–water partition coefficient (Wildman–Crippen LogP) is 1.65. The third kappa shape index (κ3) is 3.42. The fourth-order valence-electron chi connectivity index (χ4n) is 1.79. The molecule has 0 radical (unpaired) electrons. The van der Waals surface area contributed by atoms with Gasteiger partial charge in [-0.15, -0.1) is 0 Å². The minimum Gasteiger partial charge on any atom is -0.362 e. The van der Waals surface area contributed by atoms with Crippen molar-refractivity contribution in [3.8, 4) is 0 Å². The molecule has 5 heteroatoms. The van der Waals surface area contributed by atoms with E-state index in [1.165, 1.54) is 0 Å². The number of nitrogens with zero attached hydrogens (tertiary/aromatic N) is 3. The number of nitrogens with one attached hydrogen (secondary N) is 1. The molecule has 2 aromatic rings. The summed E-state index contributed by atoms with van der Waals surface area (Å²) in [6.07, 6.45) is 1.74. The van der Waals surface area contributed by atoms with Crippen LogP contribution in [0.3, 0.4) is 0 Å². The van der Waals surface area contributed by atoms with E-state index in [9.17, 15) is 0 Å². The SMILES string of the molecule is CN(C)c1nccc(NC(CN)c2ccccc2)n1. The van der Waals surface area contributed by atoms with E-state index in [1.54, 1.807) is 6.20 Å². The average molecular weight is 257 g/mol. The average Bonchev–Trinajstić information content (AvgIpc) is 2.46. The molecule has 0 saturated heterocycles. The van der Waals surface area contributed by atoms with E-state index in [0.29, 0.717) is 12.5 Å². The lowest BCUT2D eigenvalue weighted by molar-refractivity contribution is 0.782. The molecule has 0 fully saturated rings. The zero-order valence-corrected chi connectivity index (χ0v) is 11.2. The van der Waals surface area contributed by atoms with Crippen molar-refractivity contribution >= 4 is 11.8 Å². The summed E-state index contributed by atoms with van der Waals surface area (Å²) >= 11 is 0. The quantitative estimate of drug-likeness (QED) is 0.852. The van der Waals surface area contributed by atoms with E-state index in [1.807, 2.05) is 43.3 Å². The number of rotatable bonds is 5. The van der Waals surface area contributed by atoms with E-state index in [0.717, 1.165) is 11.4 Å². The first-order valence-electron chi connectivity index (χ1n) is 6.22. The minimum absolute atomic E-state index is 0.0473. The second-order valence-electron chi connectivity index (χ2n) is 4.48. The summed E-state index contributed by atoms with van der Waals surface area (Å²) in [6.45, 7) is 0.505. The van der Waals surface area contributed by atoms with Gasteiger partial charge in [-0.3, -0.25) is 0 Å². The molecule has 0 aliphatic rings. The van der Waals surface area contributed by atoms with Gasteiger partial charge in [0.15, 0.2) is 0 Å². The third-order valence-electron chi connectivity index (χ3n) is 2.80. The van der Waals surface area contributed by atoms with Crippen LogP contribution in [0.5, 0.6) is 0 Å². The molecule has 1 aromatic carbocycles. The molecule has 0 saturated carbocycles. The lowest BCUT2D eigenvalue weighted by Crippen LogP contribution is -2.22. The highest BCUT2D eigenvalue weighted by Gasteiger charge is 2.10. The summed E-state index contributed by atoms with van der Waals surface area (Å²) in [5.74, 6) is 1.45. The van der Waals surface area contributed by atoms with Gasteiger partial charge in [-0.05, 0) is 11.6 Å². The van der Waals surface area contributed by atoms with Gasteiger partial charge in [-0.1, -0.05) is 30.3 Å². The molecule has 0 bridgehead atoms. The molecule has 19 heavy (non-hydrogen) atoms. The van der Waals surface area contributed by atoms with Crippen LogP contribution in [-0.2, 0) is 0 Å². The van der Waals surface area contributed by atoms with Gasteiger partial charge < -0.3 is 16.0 Å². The molecule has 100 valence electrons. The van der Waals surface area contributed by atoms with Gasteiger partial charge in [0, 0.05) is 26.8 Å². The van der Waals surface area contributed by atoms with Crippen molar-refractivity contribution in [1.29, 1.82) is 0 Å². The Balaban J connectivity index is 2.17. The Morgan fingerprint density at radius 3 is 2.58 bits per heavy atom. The highest BCUT2D eigenvalue weighted by molar-refractivity contribution is 5.42. The lowest BCUT2D eigenvalue weighted by Gasteiger charge is -2.19. The zero-order chi connectivity index (χ0) is 13.7. The van der Waals surface area contributed by atoms with E-state index in [-0.39, 0.29) is 6.04 Å². The number of nitrogens with two attached hydrogens (primary N) is 1. The Hall–Kier alpha value is -2.14. The highest BCUT2D eigenvalue weighted by atomic mass is 15.2. The van der Waals surface area contributed by atoms with Crippen LogP contribution in [-0.4, -0.2) is 30.6 Å². The molecule has 0 amide bonds. The molecule has 0 aliphatic carbocycles. The third-order valence-corrected chi connectivity index (χ3v) is 2.80. The van der Waals surface area contributed by atoms with Gasteiger partial charge in [0.1, 0.15) is 5.82 Å². The Bertz CT molecular complexity index is 512.